The second-order valence-electron chi connectivity index (χ2n) is 5.36. The number of nitrogens with zero attached hydrogens (tertiary/aromatic N) is 1. The molecule has 0 heterocycles. The van der Waals surface area contributed by atoms with E-state index >= 15 is 0 Å². The fourth-order valence-electron chi connectivity index (χ4n) is 1.77. The third-order valence-corrected chi connectivity index (χ3v) is 3.33. The summed E-state index contributed by atoms with van der Waals surface area (Å²) in [6, 6.07) is -0.370. The lowest BCUT2D eigenvalue weighted by Crippen LogP contribution is -2.56. The molecule has 0 atom stereocenters. The summed E-state index contributed by atoms with van der Waals surface area (Å²) in [6.07, 6.45) is 2.48. The number of aliphatic carboxylic acids is 1. The summed E-state index contributed by atoms with van der Waals surface area (Å²) in [6.45, 7) is 6.75. The number of carboxylic acids is 1. The van der Waals surface area contributed by atoms with Crippen LogP contribution in [0.15, 0.2) is 0 Å². The molecule has 1 saturated carbocycles. The Morgan fingerprint density at radius 3 is 2.53 bits per heavy atom. The van der Waals surface area contributed by atoms with Crippen LogP contribution in [-0.4, -0.2) is 53.8 Å². The van der Waals surface area contributed by atoms with Crippen molar-refractivity contribution in [2.45, 2.75) is 39.2 Å². The van der Waals surface area contributed by atoms with Crippen molar-refractivity contribution in [3.63, 3.8) is 0 Å². The number of urea groups is 1. The Bertz CT molecular complexity index is 327. The summed E-state index contributed by atoms with van der Waals surface area (Å²) in [5.74, 6) is -0.316. The summed E-state index contributed by atoms with van der Waals surface area (Å²) < 4.78 is 5.40. The molecule has 0 spiro atoms. The van der Waals surface area contributed by atoms with Gasteiger partial charge in [-0.05, 0) is 39.5 Å². The third-order valence-electron chi connectivity index (χ3n) is 3.33. The van der Waals surface area contributed by atoms with Gasteiger partial charge in [-0.3, -0.25) is 0 Å². The molecular formula is C13H24N2O4. The molecule has 0 aromatic rings. The molecule has 6 nitrogen and oxygen atoms in total. The molecular weight excluding hydrogens is 248 g/mol. The van der Waals surface area contributed by atoms with E-state index in [9.17, 15) is 9.59 Å². The monoisotopic (exact) mass is 272 g/mol. The molecule has 0 bridgehead atoms. The zero-order valence-electron chi connectivity index (χ0n) is 11.9. The topological polar surface area (TPSA) is 78.9 Å². The molecule has 0 saturated heterocycles. The molecule has 0 aromatic heterocycles. The maximum atomic E-state index is 11.9. The zero-order valence-corrected chi connectivity index (χ0v) is 11.9. The van der Waals surface area contributed by atoms with E-state index in [0.29, 0.717) is 25.6 Å². The lowest BCUT2D eigenvalue weighted by Gasteiger charge is -2.34. The van der Waals surface area contributed by atoms with E-state index in [1.165, 1.54) is 31.6 Å². The molecule has 2 amide bonds. The molecule has 110 valence electrons. The fraction of sp³-hybridized carbons (Fsp3) is 0.846. The smallest absolute Gasteiger partial charge is 0.329 e. The predicted octanol–water partition coefficient (Wildman–Crippen LogP) is 1.31. The highest BCUT2D eigenvalue weighted by Gasteiger charge is 2.36. The minimum Gasteiger partial charge on any atom is -0.480 e. The van der Waals surface area contributed by atoms with Crippen LogP contribution in [0.5, 0.6) is 0 Å². The van der Waals surface area contributed by atoms with Gasteiger partial charge in [0.25, 0.3) is 0 Å². The van der Waals surface area contributed by atoms with E-state index in [1.54, 1.807) is 6.92 Å². The third kappa shape index (κ3) is 4.70. The van der Waals surface area contributed by atoms with Crippen molar-refractivity contribution >= 4 is 12.0 Å². The van der Waals surface area contributed by atoms with Crippen LogP contribution in [0.1, 0.15) is 33.6 Å². The normalized spacial score (nSPS) is 15.1. The van der Waals surface area contributed by atoms with Gasteiger partial charge >= 0.3 is 12.0 Å². The lowest BCUT2D eigenvalue weighted by atomic mass is 10.0. The van der Waals surface area contributed by atoms with Crippen LogP contribution in [0.25, 0.3) is 0 Å². The zero-order chi connectivity index (χ0) is 14.5. The Kier molecular flexibility index (Phi) is 5.60. The van der Waals surface area contributed by atoms with E-state index < -0.39 is 11.5 Å². The Labute approximate surface area is 114 Å². The first-order valence-corrected chi connectivity index (χ1v) is 6.76. The summed E-state index contributed by atoms with van der Waals surface area (Å²) in [5, 5.41) is 11.8. The highest BCUT2D eigenvalue weighted by Crippen LogP contribution is 2.28. The number of carbonyl (C=O) groups excluding carboxylic acids is 1. The van der Waals surface area contributed by atoms with E-state index in [2.05, 4.69) is 5.32 Å². The van der Waals surface area contributed by atoms with Crippen LogP contribution in [0.2, 0.25) is 0 Å². The second-order valence-corrected chi connectivity index (χ2v) is 5.36. The molecule has 0 aliphatic heterocycles. The fourth-order valence-corrected chi connectivity index (χ4v) is 1.77. The molecule has 1 fully saturated rings. The van der Waals surface area contributed by atoms with Crippen LogP contribution < -0.4 is 5.32 Å². The first-order valence-electron chi connectivity index (χ1n) is 6.76. The van der Waals surface area contributed by atoms with Crippen molar-refractivity contribution in [2.24, 2.45) is 5.92 Å². The molecule has 0 aromatic carbocycles. The Morgan fingerprint density at radius 1 is 1.42 bits per heavy atom. The van der Waals surface area contributed by atoms with Crippen molar-refractivity contribution in [3.8, 4) is 0 Å². The minimum atomic E-state index is -1.21. The molecule has 6 heteroatoms. The van der Waals surface area contributed by atoms with Gasteiger partial charge in [-0.2, -0.15) is 0 Å². The Morgan fingerprint density at radius 2 is 2.05 bits per heavy atom. The number of hydrogen-bond acceptors (Lipinski definition) is 3. The quantitative estimate of drug-likeness (QED) is 0.653. The summed E-state index contributed by atoms with van der Waals surface area (Å²) in [4.78, 5) is 24.4. The molecule has 0 radical (unpaired) electrons. The van der Waals surface area contributed by atoms with Gasteiger partial charge in [0.1, 0.15) is 5.54 Å². The minimum absolute atomic E-state index is 0.341. The van der Waals surface area contributed by atoms with Gasteiger partial charge in [-0.15, -0.1) is 0 Å². The number of likely N-dealkylation sites (N-methyl/N-ethyl adjacent to an activating group) is 1. The maximum Gasteiger partial charge on any atom is 0.329 e. The molecule has 1 aliphatic rings. The van der Waals surface area contributed by atoms with E-state index in [-0.39, 0.29) is 6.03 Å². The number of amides is 2. The Balaban J connectivity index is 2.29. The van der Waals surface area contributed by atoms with Crippen LogP contribution in [-0.2, 0) is 9.53 Å². The molecule has 19 heavy (non-hydrogen) atoms. The Hall–Kier alpha value is -1.30. The van der Waals surface area contributed by atoms with Crippen molar-refractivity contribution in [2.75, 3.05) is 26.3 Å². The molecule has 1 aliphatic carbocycles. The molecule has 0 unspecified atom stereocenters. The average molecular weight is 272 g/mol. The van der Waals surface area contributed by atoms with E-state index in [1.807, 2.05) is 0 Å². The standard InChI is InChI=1S/C13H24N2O4/c1-4-15(13(2,3)11(16)17)12(18)14-7-8-19-9-10-5-6-10/h10H,4-9H2,1-3H3,(H,14,18)(H,16,17). The highest BCUT2D eigenvalue weighted by molar-refractivity contribution is 5.85. The maximum absolute atomic E-state index is 11.9. The highest BCUT2D eigenvalue weighted by atomic mass is 16.5. The van der Waals surface area contributed by atoms with Crippen molar-refractivity contribution in [3.05, 3.63) is 0 Å². The number of nitrogens with one attached hydrogen (secondary N) is 1. The second kappa shape index (κ2) is 6.75. The van der Waals surface area contributed by atoms with E-state index in [0.717, 1.165) is 6.61 Å². The van der Waals surface area contributed by atoms with Gasteiger partial charge in [-0.1, -0.05) is 0 Å². The van der Waals surface area contributed by atoms with Crippen molar-refractivity contribution < 1.29 is 19.4 Å². The predicted molar refractivity (Wildman–Crippen MR) is 71.0 cm³/mol. The van der Waals surface area contributed by atoms with Crippen molar-refractivity contribution in [1.82, 2.24) is 10.2 Å². The van der Waals surface area contributed by atoms with Gasteiger partial charge in [-0.25, -0.2) is 9.59 Å². The number of ether oxygens (including phenoxy) is 1. The van der Waals surface area contributed by atoms with Crippen molar-refractivity contribution in [1.29, 1.82) is 0 Å². The lowest BCUT2D eigenvalue weighted by molar-refractivity contribution is -0.147. The van der Waals surface area contributed by atoms with Crippen LogP contribution >= 0.6 is 0 Å². The van der Waals surface area contributed by atoms with Crippen LogP contribution in [0.3, 0.4) is 0 Å². The number of carboxylic acid groups (broad SMARTS) is 1. The molecule has 2 N–H and O–H groups in total. The van der Waals surface area contributed by atoms with Crippen LogP contribution in [0, 0.1) is 5.92 Å². The summed E-state index contributed by atoms with van der Waals surface area (Å²) in [5.41, 5.74) is -1.21. The van der Waals surface area contributed by atoms with Gasteiger partial charge < -0.3 is 20.1 Å². The first-order chi connectivity index (χ1) is 8.89. The van der Waals surface area contributed by atoms with Crippen LogP contribution in [0.4, 0.5) is 4.79 Å². The van der Waals surface area contributed by atoms with Gasteiger partial charge in [0.15, 0.2) is 0 Å². The van der Waals surface area contributed by atoms with E-state index in [4.69, 9.17) is 9.84 Å². The van der Waals surface area contributed by atoms with Gasteiger partial charge in [0, 0.05) is 19.7 Å². The molecule has 1 rings (SSSR count). The number of hydrogen-bond donors (Lipinski definition) is 2. The van der Waals surface area contributed by atoms with Gasteiger partial charge in [0.2, 0.25) is 0 Å². The van der Waals surface area contributed by atoms with Gasteiger partial charge in [0.05, 0.1) is 6.61 Å². The summed E-state index contributed by atoms with van der Waals surface area (Å²) >= 11 is 0. The largest absolute Gasteiger partial charge is 0.480 e. The SMILES string of the molecule is CCN(C(=O)NCCOCC1CC1)C(C)(C)C(=O)O. The first kappa shape index (κ1) is 15.8. The summed E-state index contributed by atoms with van der Waals surface area (Å²) in [7, 11) is 0. The average Bonchev–Trinajstić information content (AvgIpc) is 3.12. The number of carbonyl (C=O) groups is 2. The number of rotatable bonds is 8.